The van der Waals surface area contributed by atoms with E-state index in [-0.39, 0.29) is 5.91 Å². The number of aromatic nitrogens is 1. The summed E-state index contributed by atoms with van der Waals surface area (Å²) in [6, 6.07) is 2.04. The van der Waals surface area contributed by atoms with Crippen molar-refractivity contribution in [3.05, 3.63) is 4.88 Å². The molecule has 0 fully saturated rings. The van der Waals surface area contributed by atoms with Crippen LogP contribution in [0.5, 0.6) is 0 Å². The molecule has 0 aliphatic carbocycles. The van der Waals surface area contributed by atoms with E-state index in [0.29, 0.717) is 10.7 Å². The van der Waals surface area contributed by atoms with Gasteiger partial charge in [0.25, 0.3) is 0 Å². The standard InChI is InChI=1S/C10H13N3OS2/c1-3-4-5-15-10-13-9(12-7(2)14)8(6-11)16-10/h3-5H2,1-2H3,(H,12,14). The number of amides is 1. The van der Waals surface area contributed by atoms with Crippen LogP contribution in [0.1, 0.15) is 31.6 Å². The number of nitrogens with one attached hydrogen (secondary N) is 1. The Morgan fingerprint density at radius 2 is 2.44 bits per heavy atom. The number of anilines is 1. The first-order valence-electron chi connectivity index (χ1n) is 4.98. The number of carbonyl (C=O) groups is 1. The number of thioether (sulfide) groups is 1. The molecule has 0 radical (unpaired) electrons. The lowest BCUT2D eigenvalue weighted by atomic mass is 10.4. The van der Waals surface area contributed by atoms with Crippen LogP contribution in [0.25, 0.3) is 0 Å². The molecule has 16 heavy (non-hydrogen) atoms. The summed E-state index contributed by atoms with van der Waals surface area (Å²) in [7, 11) is 0. The van der Waals surface area contributed by atoms with Crippen molar-refractivity contribution in [2.24, 2.45) is 0 Å². The van der Waals surface area contributed by atoms with E-state index in [2.05, 4.69) is 17.2 Å². The van der Waals surface area contributed by atoms with Gasteiger partial charge >= 0.3 is 0 Å². The van der Waals surface area contributed by atoms with E-state index in [4.69, 9.17) is 5.26 Å². The van der Waals surface area contributed by atoms with Gasteiger partial charge in [-0.25, -0.2) is 4.98 Å². The highest BCUT2D eigenvalue weighted by Crippen LogP contribution is 2.30. The molecule has 0 saturated heterocycles. The number of hydrogen-bond donors (Lipinski definition) is 1. The molecule has 0 atom stereocenters. The Bertz CT molecular complexity index is 409. The molecule has 4 nitrogen and oxygen atoms in total. The molecule has 6 heteroatoms. The van der Waals surface area contributed by atoms with Crippen molar-refractivity contribution >= 4 is 34.8 Å². The van der Waals surface area contributed by atoms with E-state index in [0.717, 1.165) is 22.9 Å². The van der Waals surface area contributed by atoms with Crippen molar-refractivity contribution in [2.45, 2.75) is 31.0 Å². The Morgan fingerprint density at radius 3 is 3.00 bits per heavy atom. The smallest absolute Gasteiger partial charge is 0.222 e. The Kier molecular flexibility index (Phi) is 5.29. The van der Waals surface area contributed by atoms with Gasteiger partial charge in [-0.2, -0.15) is 5.26 Å². The maximum Gasteiger partial charge on any atom is 0.222 e. The number of nitrogens with zero attached hydrogens (tertiary/aromatic N) is 2. The van der Waals surface area contributed by atoms with Gasteiger partial charge in [-0.05, 0) is 6.42 Å². The molecule has 1 N–H and O–H groups in total. The third-order valence-electron chi connectivity index (χ3n) is 1.73. The summed E-state index contributed by atoms with van der Waals surface area (Å²) < 4.78 is 0.841. The maximum absolute atomic E-state index is 10.9. The van der Waals surface area contributed by atoms with Crippen LogP contribution in [0.2, 0.25) is 0 Å². The second kappa shape index (κ2) is 6.51. The molecule has 1 aromatic heterocycles. The minimum atomic E-state index is -0.202. The molecule has 0 saturated carbocycles. The van der Waals surface area contributed by atoms with Crippen LogP contribution in [0.4, 0.5) is 5.82 Å². The molecule has 0 spiro atoms. The van der Waals surface area contributed by atoms with Gasteiger partial charge in [-0.1, -0.05) is 36.4 Å². The second-order valence-electron chi connectivity index (χ2n) is 3.15. The van der Waals surface area contributed by atoms with Gasteiger partial charge in [0.2, 0.25) is 5.91 Å². The van der Waals surface area contributed by atoms with Gasteiger partial charge in [0.05, 0.1) is 0 Å². The van der Waals surface area contributed by atoms with Crippen molar-refractivity contribution in [3.8, 4) is 6.07 Å². The maximum atomic E-state index is 10.9. The van der Waals surface area contributed by atoms with Gasteiger partial charge in [-0.3, -0.25) is 4.79 Å². The first-order chi connectivity index (χ1) is 7.67. The Hall–Kier alpha value is -1.06. The number of unbranched alkanes of at least 4 members (excludes halogenated alkanes) is 1. The molecule has 0 aromatic carbocycles. The topological polar surface area (TPSA) is 65.8 Å². The molecule has 0 unspecified atom stereocenters. The van der Waals surface area contributed by atoms with E-state index >= 15 is 0 Å². The summed E-state index contributed by atoms with van der Waals surface area (Å²) in [4.78, 5) is 15.6. The molecule has 0 aliphatic rings. The number of carbonyl (C=O) groups excluding carboxylic acids is 1. The van der Waals surface area contributed by atoms with Crippen LogP contribution in [0.3, 0.4) is 0 Å². The van der Waals surface area contributed by atoms with Gasteiger partial charge < -0.3 is 5.32 Å². The zero-order valence-corrected chi connectivity index (χ0v) is 10.9. The molecule has 1 heterocycles. The first-order valence-corrected chi connectivity index (χ1v) is 6.79. The normalized spacial score (nSPS) is 9.81. The number of rotatable bonds is 5. The van der Waals surface area contributed by atoms with E-state index in [9.17, 15) is 4.79 Å². The number of nitriles is 1. The third-order valence-corrected chi connectivity index (χ3v) is 3.92. The molecule has 86 valence electrons. The van der Waals surface area contributed by atoms with Crippen LogP contribution in [0.15, 0.2) is 4.34 Å². The molecule has 0 aliphatic heterocycles. The average molecular weight is 255 g/mol. The van der Waals surface area contributed by atoms with E-state index in [1.54, 1.807) is 11.8 Å². The predicted octanol–water partition coefficient (Wildman–Crippen LogP) is 2.87. The van der Waals surface area contributed by atoms with Crippen molar-refractivity contribution in [3.63, 3.8) is 0 Å². The molecular formula is C10H13N3OS2. The average Bonchev–Trinajstić information content (AvgIpc) is 2.60. The molecule has 0 bridgehead atoms. The Balaban J connectivity index is 2.70. The van der Waals surface area contributed by atoms with Crippen LogP contribution >= 0.6 is 23.1 Å². The van der Waals surface area contributed by atoms with Gasteiger partial charge in [0.15, 0.2) is 10.2 Å². The summed E-state index contributed by atoms with van der Waals surface area (Å²) in [5, 5.41) is 11.4. The van der Waals surface area contributed by atoms with Crippen LogP contribution in [0, 0.1) is 11.3 Å². The lowest BCUT2D eigenvalue weighted by Crippen LogP contribution is -2.06. The van der Waals surface area contributed by atoms with Crippen molar-refractivity contribution in [1.82, 2.24) is 4.98 Å². The summed E-state index contributed by atoms with van der Waals surface area (Å²) in [6.07, 6.45) is 2.27. The second-order valence-corrected chi connectivity index (χ2v) is 5.49. The number of hydrogen-bond acceptors (Lipinski definition) is 5. The predicted molar refractivity (Wildman–Crippen MR) is 66.8 cm³/mol. The Morgan fingerprint density at radius 1 is 1.69 bits per heavy atom. The minimum Gasteiger partial charge on any atom is -0.309 e. The minimum absolute atomic E-state index is 0.202. The number of thiazole rings is 1. The Labute approximate surface area is 103 Å². The summed E-state index contributed by atoms with van der Waals surface area (Å²) >= 11 is 2.96. The third kappa shape index (κ3) is 3.83. The zero-order chi connectivity index (χ0) is 12.0. The SMILES string of the molecule is CCCCSc1nc(NC(C)=O)c(C#N)s1. The van der Waals surface area contributed by atoms with Crippen molar-refractivity contribution < 1.29 is 4.79 Å². The summed E-state index contributed by atoms with van der Waals surface area (Å²) in [5.74, 6) is 1.18. The molecule has 1 amide bonds. The van der Waals surface area contributed by atoms with Gasteiger partial charge in [0.1, 0.15) is 10.9 Å². The first kappa shape index (κ1) is 13.0. The highest BCUT2D eigenvalue weighted by Gasteiger charge is 2.11. The fourth-order valence-corrected chi connectivity index (χ4v) is 3.04. The van der Waals surface area contributed by atoms with Crippen molar-refractivity contribution in [1.29, 1.82) is 5.26 Å². The lowest BCUT2D eigenvalue weighted by Gasteiger charge is -1.95. The largest absolute Gasteiger partial charge is 0.309 e. The molecule has 1 rings (SSSR count). The monoisotopic (exact) mass is 255 g/mol. The highest BCUT2D eigenvalue weighted by atomic mass is 32.2. The van der Waals surface area contributed by atoms with Crippen LogP contribution < -0.4 is 5.32 Å². The quantitative estimate of drug-likeness (QED) is 0.649. The van der Waals surface area contributed by atoms with E-state index in [1.807, 2.05) is 6.07 Å². The summed E-state index contributed by atoms with van der Waals surface area (Å²) in [5.41, 5.74) is 0. The fraction of sp³-hybridized carbons (Fsp3) is 0.500. The van der Waals surface area contributed by atoms with Gasteiger partial charge in [0, 0.05) is 12.7 Å². The highest BCUT2D eigenvalue weighted by molar-refractivity contribution is 8.01. The lowest BCUT2D eigenvalue weighted by molar-refractivity contribution is -0.114. The van der Waals surface area contributed by atoms with Gasteiger partial charge in [-0.15, -0.1) is 0 Å². The van der Waals surface area contributed by atoms with E-state index in [1.165, 1.54) is 18.3 Å². The van der Waals surface area contributed by atoms with Crippen LogP contribution in [-0.4, -0.2) is 16.6 Å². The van der Waals surface area contributed by atoms with E-state index < -0.39 is 0 Å². The zero-order valence-electron chi connectivity index (χ0n) is 9.24. The molecule has 1 aromatic rings. The fourth-order valence-electron chi connectivity index (χ4n) is 0.993. The van der Waals surface area contributed by atoms with Crippen LogP contribution in [-0.2, 0) is 4.79 Å². The molecular weight excluding hydrogens is 242 g/mol. The van der Waals surface area contributed by atoms with Crippen molar-refractivity contribution in [2.75, 3.05) is 11.1 Å². The summed E-state index contributed by atoms with van der Waals surface area (Å²) in [6.45, 7) is 3.54.